The van der Waals surface area contributed by atoms with E-state index in [4.69, 9.17) is 16.0 Å². The highest BCUT2D eigenvalue weighted by Gasteiger charge is 2.36. The summed E-state index contributed by atoms with van der Waals surface area (Å²) in [6.07, 6.45) is 0.388. The number of imide groups is 1. The first-order chi connectivity index (χ1) is 13.0. The number of amides is 3. The lowest BCUT2D eigenvalue weighted by Gasteiger charge is -2.12. The van der Waals surface area contributed by atoms with E-state index < -0.39 is 24.3 Å². The zero-order chi connectivity index (χ0) is 19.0. The maximum atomic E-state index is 12.3. The van der Waals surface area contributed by atoms with Gasteiger partial charge in [0.05, 0.1) is 21.9 Å². The maximum absolute atomic E-state index is 12.3. The molecule has 0 bridgehead atoms. The number of thiophene rings is 1. The van der Waals surface area contributed by atoms with E-state index in [-0.39, 0.29) is 17.1 Å². The molecule has 3 aromatic rings. The molecule has 136 valence electrons. The van der Waals surface area contributed by atoms with E-state index in [1.807, 2.05) is 6.07 Å². The minimum Gasteiger partial charge on any atom is -0.407 e. The molecule has 0 saturated carbocycles. The van der Waals surface area contributed by atoms with Crippen LogP contribution in [-0.2, 0) is 11.2 Å². The number of benzene rings is 1. The molecule has 0 unspecified atom stereocenters. The lowest BCUT2D eigenvalue weighted by atomic mass is 10.1. The second-order valence-corrected chi connectivity index (χ2v) is 7.47. The minimum absolute atomic E-state index is 0.103. The Hall–Kier alpha value is -3.04. The lowest BCUT2D eigenvalue weighted by Crippen LogP contribution is -2.37. The van der Waals surface area contributed by atoms with E-state index in [1.54, 1.807) is 30.3 Å². The second-order valence-electron chi connectivity index (χ2n) is 5.67. The van der Waals surface area contributed by atoms with Crippen LogP contribution in [0.15, 0.2) is 40.8 Å². The van der Waals surface area contributed by atoms with Gasteiger partial charge in [0, 0.05) is 4.88 Å². The van der Waals surface area contributed by atoms with Gasteiger partial charge in [0.15, 0.2) is 0 Å². The molecule has 4 rings (SSSR count). The first kappa shape index (κ1) is 17.4. The standard InChI is InChI=1S/C17H11ClN4O4S/c18-12-6-5-9(27-12)7-14-20-21-17(26-14)19-13(23)8-22-15(24)10-3-1-2-4-11(10)16(22)25/h1-6H,7-8H2,(H,19,21,23). The Bertz CT molecular complexity index is 1030. The predicted octanol–water partition coefficient (Wildman–Crippen LogP) is 2.61. The molecule has 0 radical (unpaired) electrons. The van der Waals surface area contributed by atoms with Crippen molar-refractivity contribution < 1.29 is 18.8 Å². The Kier molecular flexibility index (Phi) is 4.46. The third kappa shape index (κ3) is 3.46. The number of hydrogen-bond donors (Lipinski definition) is 1. The molecule has 0 atom stereocenters. The van der Waals surface area contributed by atoms with Crippen LogP contribution >= 0.6 is 22.9 Å². The molecule has 1 aromatic carbocycles. The monoisotopic (exact) mass is 402 g/mol. The number of anilines is 1. The van der Waals surface area contributed by atoms with E-state index in [1.165, 1.54) is 11.3 Å². The van der Waals surface area contributed by atoms with Crippen molar-refractivity contribution in [1.29, 1.82) is 0 Å². The highest BCUT2D eigenvalue weighted by Crippen LogP contribution is 2.24. The largest absolute Gasteiger partial charge is 0.407 e. The molecule has 0 saturated heterocycles. The molecule has 0 fully saturated rings. The Balaban J connectivity index is 1.39. The average Bonchev–Trinajstić information content (AvgIpc) is 3.32. The topological polar surface area (TPSA) is 105 Å². The molecule has 1 aliphatic rings. The van der Waals surface area contributed by atoms with Gasteiger partial charge in [-0.15, -0.1) is 16.4 Å². The van der Waals surface area contributed by atoms with Crippen molar-refractivity contribution in [1.82, 2.24) is 15.1 Å². The summed E-state index contributed by atoms with van der Waals surface area (Å²) in [5, 5.41) is 10.00. The van der Waals surface area contributed by atoms with Gasteiger partial charge in [0.25, 0.3) is 11.8 Å². The summed E-state index contributed by atoms with van der Waals surface area (Å²) in [6.45, 7) is -0.440. The molecule has 3 amide bonds. The van der Waals surface area contributed by atoms with Crippen LogP contribution in [0.4, 0.5) is 6.01 Å². The Morgan fingerprint density at radius 3 is 2.44 bits per heavy atom. The van der Waals surface area contributed by atoms with Crippen LogP contribution in [0.2, 0.25) is 4.34 Å². The molecule has 0 spiro atoms. The third-order valence-corrected chi connectivity index (χ3v) is 5.08. The van der Waals surface area contributed by atoms with Gasteiger partial charge >= 0.3 is 6.01 Å². The zero-order valence-corrected chi connectivity index (χ0v) is 15.2. The van der Waals surface area contributed by atoms with Gasteiger partial charge in [-0.3, -0.25) is 24.6 Å². The van der Waals surface area contributed by atoms with E-state index in [0.717, 1.165) is 9.78 Å². The molecule has 0 aliphatic carbocycles. The molecule has 2 aromatic heterocycles. The van der Waals surface area contributed by atoms with Crippen molar-refractivity contribution in [3.8, 4) is 0 Å². The fourth-order valence-electron chi connectivity index (χ4n) is 2.66. The van der Waals surface area contributed by atoms with Crippen molar-refractivity contribution >= 4 is 46.7 Å². The number of hydrogen-bond acceptors (Lipinski definition) is 7. The van der Waals surface area contributed by atoms with Crippen LogP contribution in [0.25, 0.3) is 0 Å². The Labute approximate surface area is 161 Å². The van der Waals surface area contributed by atoms with Crippen molar-refractivity contribution in [2.75, 3.05) is 11.9 Å². The molecule has 3 heterocycles. The van der Waals surface area contributed by atoms with Crippen LogP contribution in [0.5, 0.6) is 0 Å². The lowest BCUT2D eigenvalue weighted by molar-refractivity contribution is -0.116. The second kappa shape index (κ2) is 6.93. The number of nitrogens with zero attached hydrogens (tertiary/aromatic N) is 3. The molecule has 27 heavy (non-hydrogen) atoms. The van der Waals surface area contributed by atoms with Crippen LogP contribution in [0.3, 0.4) is 0 Å². The van der Waals surface area contributed by atoms with Gasteiger partial charge < -0.3 is 4.42 Å². The van der Waals surface area contributed by atoms with Crippen molar-refractivity contribution in [2.24, 2.45) is 0 Å². The van der Waals surface area contributed by atoms with Crippen LogP contribution in [0, 0.1) is 0 Å². The van der Waals surface area contributed by atoms with E-state index >= 15 is 0 Å². The number of nitrogens with one attached hydrogen (secondary N) is 1. The average molecular weight is 403 g/mol. The quantitative estimate of drug-likeness (QED) is 0.657. The van der Waals surface area contributed by atoms with E-state index in [2.05, 4.69) is 15.5 Å². The van der Waals surface area contributed by atoms with Gasteiger partial charge in [-0.25, -0.2) is 0 Å². The fraction of sp³-hybridized carbons (Fsp3) is 0.118. The summed E-state index contributed by atoms with van der Waals surface area (Å²) < 4.78 is 6.02. The van der Waals surface area contributed by atoms with Gasteiger partial charge in [0.1, 0.15) is 6.54 Å². The highest BCUT2D eigenvalue weighted by molar-refractivity contribution is 7.16. The van der Waals surface area contributed by atoms with Crippen molar-refractivity contribution in [3.05, 3.63) is 62.6 Å². The summed E-state index contributed by atoms with van der Waals surface area (Å²) >= 11 is 7.26. The van der Waals surface area contributed by atoms with Crippen LogP contribution in [0.1, 0.15) is 31.5 Å². The molecule has 10 heteroatoms. The summed E-state index contributed by atoms with van der Waals surface area (Å²) in [7, 11) is 0. The van der Waals surface area contributed by atoms with E-state index in [0.29, 0.717) is 16.6 Å². The Morgan fingerprint density at radius 2 is 1.81 bits per heavy atom. The minimum atomic E-state index is -0.612. The van der Waals surface area contributed by atoms with Crippen LogP contribution in [-0.4, -0.2) is 39.4 Å². The SMILES string of the molecule is O=C(CN1C(=O)c2ccccc2C1=O)Nc1nnc(Cc2ccc(Cl)s2)o1. The van der Waals surface area contributed by atoms with E-state index in [9.17, 15) is 14.4 Å². The number of carbonyl (C=O) groups excluding carboxylic acids is 3. The molecular formula is C17H11ClN4O4S. The molecule has 1 aliphatic heterocycles. The Morgan fingerprint density at radius 1 is 1.11 bits per heavy atom. The highest BCUT2D eigenvalue weighted by atomic mass is 35.5. The summed E-state index contributed by atoms with van der Waals surface area (Å²) in [4.78, 5) is 38.5. The molecule has 8 nitrogen and oxygen atoms in total. The smallest absolute Gasteiger partial charge is 0.322 e. The third-order valence-electron chi connectivity index (χ3n) is 3.85. The normalized spacial score (nSPS) is 13.1. The number of carbonyl (C=O) groups is 3. The summed E-state index contributed by atoms with van der Waals surface area (Å²) in [5.41, 5.74) is 0.565. The van der Waals surface area contributed by atoms with Gasteiger partial charge in [0.2, 0.25) is 11.8 Å². The molecule has 1 N–H and O–H groups in total. The first-order valence-electron chi connectivity index (χ1n) is 7.83. The van der Waals surface area contributed by atoms with Gasteiger partial charge in [-0.1, -0.05) is 28.8 Å². The number of rotatable bonds is 5. The van der Waals surface area contributed by atoms with Gasteiger partial charge in [-0.05, 0) is 24.3 Å². The molecular weight excluding hydrogens is 392 g/mol. The predicted molar refractivity (Wildman–Crippen MR) is 96.9 cm³/mol. The van der Waals surface area contributed by atoms with Gasteiger partial charge in [-0.2, -0.15) is 0 Å². The summed E-state index contributed by atoms with van der Waals surface area (Å²) in [6, 6.07) is 9.93. The fourth-order valence-corrected chi connectivity index (χ4v) is 3.74. The number of fused-ring (bicyclic) bond motifs is 1. The van der Waals surface area contributed by atoms with Crippen molar-refractivity contribution in [3.63, 3.8) is 0 Å². The number of halogens is 1. The zero-order valence-electron chi connectivity index (χ0n) is 13.6. The maximum Gasteiger partial charge on any atom is 0.322 e. The first-order valence-corrected chi connectivity index (χ1v) is 9.02. The summed E-state index contributed by atoms with van der Waals surface area (Å²) in [5.74, 6) is -1.32. The van der Waals surface area contributed by atoms with Crippen LogP contribution < -0.4 is 5.32 Å². The van der Waals surface area contributed by atoms with Crippen molar-refractivity contribution in [2.45, 2.75) is 6.42 Å². The number of aromatic nitrogens is 2.